The number of nitrogens with zero attached hydrogens (tertiary/aromatic N) is 1. The number of rotatable bonds is 6. The van der Waals surface area contributed by atoms with E-state index >= 15 is 0 Å². The second kappa shape index (κ2) is 7.95. The number of anilines is 1. The highest BCUT2D eigenvalue weighted by Gasteiger charge is 2.48. The third-order valence-corrected chi connectivity index (χ3v) is 5.13. The van der Waals surface area contributed by atoms with Gasteiger partial charge in [-0.05, 0) is 43.5 Å². The number of hydrogen-bond donors (Lipinski definition) is 2. The quantitative estimate of drug-likeness (QED) is 0.737. The minimum Gasteiger partial charge on any atom is -0.496 e. The first-order chi connectivity index (χ1) is 13.7. The Labute approximate surface area is 170 Å². The summed E-state index contributed by atoms with van der Waals surface area (Å²) >= 11 is 0. The minimum atomic E-state index is -1.15. The molecule has 1 heterocycles. The summed E-state index contributed by atoms with van der Waals surface area (Å²) in [5.41, 5.74) is 2.17. The number of imide groups is 1. The van der Waals surface area contributed by atoms with Crippen molar-refractivity contribution in [3.63, 3.8) is 0 Å². The van der Waals surface area contributed by atoms with Gasteiger partial charge in [-0.3, -0.25) is 14.5 Å². The number of para-hydroxylation sites is 2. The molecule has 1 atom stereocenters. The standard InChI is InChI=1S/C22H25N3O4/c1-14-8-7-9-15(2)19(14)23-18(26)13-25-20(27)22(3,24-21(25)28)12-16-10-5-6-11-17(16)29-4/h5-11H,12-13H2,1-4H3,(H,23,26)(H,24,28)/t22-/m1/s1. The predicted molar refractivity (Wildman–Crippen MR) is 110 cm³/mol. The van der Waals surface area contributed by atoms with Crippen LogP contribution in [0.2, 0.25) is 0 Å². The van der Waals surface area contributed by atoms with E-state index in [1.54, 1.807) is 20.1 Å². The monoisotopic (exact) mass is 395 g/mol. The number of ether oxygens (including phenoxy) is 1. The van der Waals surface area contributed by atoms with Crippen LogP contribution in [0.4, 0.5) is 10.5 Å². The molecule has 0 aliphatic carbocycles. The van der Waals surface area contributed by atoms with E-state index in [4.69, 9.17) is 4.74 Å². The summed E-state index contributed by atoms with van der Waals surface area (Å²) in [6.45, 7) is 5.09. The molecule has 4 amide bonds. The van der Waals surface area contributed by atoms with Gasteiger partial charge in [-0.2, -0.15) is 0 Å². The predicted octanol–water partition coefficient (Wildman–Crippen LogP) is 2.80. The normalized spacial score (nSPS) is 18.6. The first-order valence-electron chi connectivity index (χ1n) is 9.37. The summed E-state index contributed by atoms with van der Waals surface area (Å²) in [5.74, 6) is -0.223. The van der Waals surface area contributed by atoms with E-state index in [1.165, 1.54) is 0 Å². The van der Waals surface area contributed by atoms with Crippen LogP contribution in [0, 0.1) is 13.8 Å². The highest BCUT2D eigenvalue weighted by atomic mass is 16.5. The molecule has 0 radical (unpaired) electrons. The Morgan fingerprint density at radius 2 is 1.76 bits per heavy atom. The topological polar surface area (TPSA) is 87.7 Å². The van der Waals surface area contributed by atoms with Gasteiger partial charge in [0.2, 0.25) is 5.91 Å². The van der Waals surface area contributed by atoms with E-state index in [9.17, 15) is 14.4 Å². The average Bonchev–Trinajstić information content (AvgIpc) is 2.88. The maximum atomic E-state index is 13.0. The lowest BCUT2D eigenvalue weighted by Gasteiger charge is -2.23. The van der Waals surface area contributed by atoms with Crippen molar-refractivity contribution in [2.45, 2.75) is 32.7 Å². The van der Waals surface area contributed by atoms with Gasteiger partial charge in [0.05, 0.1) is 7.11 Å². The molecule has 0 bridgehead atoms. The molecular weight excluding hydrogens is 370 g/mol. The van der Waals surface area contributed by atoms with Crippen LogP contribution < -0.4 is 15.4 Å². The molecule has 1 aliphatic rings. The molecule has 3 rings (SSSR count). The number of aryl methyl sites for hydroxylation is 2. The van der Waals surface area contributed by atoms with Crippen LogP contribution in [0.1, 0.15) is 23.6 Å². The van der Waals surface area contributed by atoms with E-state index in [1.807, 2.05) is 50.2 Å². The Morgan fingerprint density at radius 3 is 2.41 bits per heavy atom. The van der Waals surface area contributed by atoms with Gasteiger partial charge in [-0.1, -0.05) is 36.4 Å². The molecule has 7 nitrogen and oxygen atoms in total. The third kappa shape index (κ3) is 4.08. The van der Waals surface area contributed by atoms with Gasteiger partial charge in [0.15, 0.2) is 0 Å². The third-order valence-electron chi connectivity index (χ3n) is 5.13. The first-order valence-corrected chi connectivity index (χ1v) is 9.37. The van der Waals surface area contributed by atoms with Gasteiger partial charge < -0.3 is 15.4 Å². The molecule has 0 spiro atoms. The molecule has 2 aromatic carbocycles. The van der Waals surface area contributed by atoms with E-state index in [-0.39, 0.29) is 13.0 Å². The highest BCUT2D eigenvalue weighted by Crippen LogP contribution is 2.27. The van der Waals surface area contributed by atoms with Crippen LogP contribution in [0.3, 0.4) is 0 Å². The zero-order valence-electron chi connectivity index (χ0n) is 17.0. The summed E-state index contributed by atoms with van der Waals surface area (Å²) in [6.07, 6.45) is 0.261. The summed E-state index contributed by atoms with van der Waals surface area (Å²) in [5, 5.41) is 5.53. The van der Waals surface area contributed by atoms with Gasteiger partial charge in [0, 0.05) is 12.1 Å². The molecular formula is C22H25N3O4. The number of carbonyl (C=O) groups is 3. The number of carbonyl (C=O) groups excluding carboxylic acids is 3. The van der Waals surface area contributed by atoms with Crippen molar-refractivity contribution in [2.24, 2.45) is 0 Å². The van der Waals surface area contributed by atoms with Gasteiger partial charge in [0.1, 0.15) is 17.8 Å². The Balaban J connectivity index is 1.74. The number of nitrogens with one attached hydrogen (secondary N) is 2. The van der Waals surface area contributed by atoms with Crippen molar-refractivity contribution in [1.82, 2.24) is 10.2 Å². The number of amides is 4. The van der Waals surface area contributed by atoms with Crippen molar-refractivity contribution >= 4 is 23.5 Å². The van der Waals surface area contributed by atoms with Crippen molar-refractivity contribution < 1.29 is 19.1 Å². The summed E-state index contributed by atoms with van der Waals surface area (Å²) in [7, 11) is 1.56. The summed E-state index contributed by atoms with van der Waals surface area (Å²) in [4.78, 5) is 38.9. The fourth-order valence-electron chi connectivity index (χ4n) is 3.57. The molecule has 0 unspecified atom stereocenters. The lowest BCUT2D eigenvalue weighted by molar-refractivity contribution is -0.133. The van der Waals surface area contributed by atoms with E-state index < -0.39 is 23.4 Å². The van der Waals surface area contributed by atoms with Crippen LogP contribution in [0.25, 0.3) is 0 Å². The Kier molecular flexibility index (Phi) is 5.59. The summed E-state index contributed by atoms with van der Waals surface area (Å²) < 4.78 is 5.34. The number of methoxy groups -OCH3 is 1. The molecule has 7 heteroatoms. The minimum absolute atomic E-state index is 0.261. The maximum Gasteiger partial charge on any atom is 0.325 e. The second-order valence-electron chi connectivity index (χ2n) is 7.46. The molecule has 2 aromatic rings. The van der Waals surface area contributed by atoms with Crippen molar-refractivity contribution in [3.05, 3.63) is 59.2 Å². The lowest BCUT2D eigenvalue weighted by Crippen LogP contribution is -2.46. The molecule has 1 fully saturated rings. The zero-order valence-corrected chi connectivity index (χ0v) is 17.0. The molecule has 2 N–H and O–H groups in total. The van der Waals surface area contributed by atoms with Crippen LogP contribution >= 0.6 is 0 Å². The van der Waals surface area contributed by atoms with Crippen LogP contribution in [0.5, 0.6) is 5.75 Å². The Bertz CT molecular complexity index is 952. The van der Waals surface area contributed by atoms with Gasteiger partial charge in [-0.15, -0.1) is 0 Å². The van der Waals surface area contributed by atoms with Crippen molar-refractivity contribution in [1.29, 1.82) is 0 Å². The highest BCUT2D eigenvalue weighted by molar-refractivity contribution is 6.10. The smallest absolute Gasteiger partial charge is 0.325 e. The Morgan fingerprint density at radius 1 is 1.10 bits per heavy atom. The fraction of sp³-hybridized carbons (Fsp3) is 0.318. The van der Waals surface area contributed by atoms with Crippen LogP contribution in [-0.4, -0.2) is 41.9 Å². The van der Waals surface area contributed by atoms with Crippen molar-refractivity contribution in [3.8, 4) is 5.75 Å². The maximum absolute atomic E-state index is 13.0. The van der Waals surface area contributed by atoms with E-state index in [0.717, 1.165) is 21.6 Å². The fourth-order valence-corrected chi connectivity index (χ4v) is 3.57. The Hall–Kier alpha value is -3.35. The largest absolute Gasteiger partial charge is 0.496 e. The molecule has 1 saturated heterocycles. The number of benzene rings is 2. The van der Waals surface area contributed by atoms with E-state index in [2.05, 4.69) is 10.6 Å². The second-order valence-corrected chi connectivity index (χ2v) is 7.46. The molecule has 1 aliphatic heterocycles. The number of hydrogen-bond acceptors (Lipinski definition) is 4. The van der Waals surface area contributed by atoms with E-state index in [0.29, 0.717) is 11.4 Å². The average molecular weight is 395 g/mol. The molecule has 0 saturated carbocycles. The molecule has 0 aromatic heterocycles. The number of urea groups is 1. The first kappa shape index (κ1) is 20.4. The van der Waals surface area contributed by atoms with Crippen LogP contribution in [-0.2, 0) is 16.0 Å². The van der Waals surface area contributed by atoms with Crippen LogP contribution in [0.15, 0.2) is 42.5 Å². The lowest BCUT2D eigenvalue weighted by atomic mass is 9.92. The van der Waals surface area contributed by atoms with Gasteiger partial charge in [0.25, 0.3) is 5.91 Å². The zero-order chi connectivity index (χ0) is 21.2. The molecule has 152 valence electrons. The van der Waals surface area contributed by atoms with Gasteiger partial charge in [-0.25, -0.2) is 4.79 Å². The summed E-state index contributed by atoms with van der Waals surface area (Å²) in [6, 6.07) is 12.4. The molecule has 29 heavy (non-hydrogen) atoms. The van der Waals surface area contributed by atoms with Gasteiger partial charge >= 0.3 is 6.03 Å². The SMILES string of the molecule is COc1ccccc1C[C@@]1(C)NC(=O)N(CC(=O)Nc2c(C)cccc2C)C1=O. The van der Waals surface area contributed by atoms with Crippen molar-refractivity contribution in [2.75, 3.05) is 19.0 Å².